The monoisotopic (exact) mass is 348 g/mol. The van der Waals surface area contributed by atoms with Gasteiger partial charge in [-0.25, -0.2) is 4.39 Å². The molecule has 0 heterocycles. The summed E-state index contributed by atoms with van der Waals surface area (Å²) in [5.41, 5.74) is 2.39. The standard InChI is InChI=1S/C21H17FN2O2/c22-18-10-12-19(13-11-18)24-21(26)17-8-6-16(7-9-17)20(25)23-14-15-4-2-1-3-5-15/h1-13H,14H2,(H,23,25)(H,24,26). The maximum atomic E-state index is 12.9. The zero-order valence-corrected chi connectivity index (χ0v) is 13.9. The zero-order chi connectivity index (χ0) is 18.4. The van der Waals surface area contributed by atoms with Crippen molar-refractivity contribution >= 4 is 17.5 Å². The fraction of sp³-hybridized carbons (Fsp3) is 0.0476. The van der Waals surface area contributed by atoms with Crippen LogP contribution >= 0.6 is 0 Å². The van der Waals surface area contributed by atoms with Crippen molar-refractivity contribution in [2.75, 3.05) is 5.32 Å². The normalized spacial score (nSPS) is 10.2. The smallest absolute Gasteiger partial charge is 0.255 e. The number of nitrogens with one attached hydrogen (secondary N) is 2. The van der Waals surface area contributed by atoms with E-state index in [4.69, 9.17) is 0 Å². The van der Waals surface area contributed by atoms with Crippen LogP contribution in [0.5, 0.6) is 0 Å². The summed E-state index contributed by atoms with van der Waals surface area (Å²) in [4.78, 5) is 24.4. The molecular weight excluding hydrogens is 331 g/mol. The molecule has 0 aliphatic heterocycles. The topological polar surface area (TPSA) is 58.2 Å². The van der Waals surface area contributed by atoms with Gasteiger partial charge in [-0.15, -0.1) is 0 Å². The number of hydrogen-bond acceptors (Lipinski definition) is 2. The van der Waals surface area contributed by atoms with Crippen molar-refractivity contribution in [1.82, 2.24) is 5.32 Å². The average molecular weight is 348 g/mol. The minimum Gasteiger partial charge on any atom is -0.348 e. The first kappa shape index (κ1) is 17.4. The SMILES string of the molecule is O=C(NCc1ccccc1)c1ccc(C(=O)Nc2ccc(F)cc2)cc1. The fourth-order valence-corrected chi connectivity index (χ4v) is 2.39. The van der Waals surface area contributed by atoms with Gasteiger partial charge < -0.3 is 10.6 Å². The lowest BCUT2D eigenvalue weighted by atomic mass is 10.1. The number of carbonyl (C=O) groups is 2. The highest BCUT2D eigenvalue weighted by molar-refractivity contribution is 6.05. The Hall–Kier alpha value is -3.47. The molecule has 0 unspecified atom stereocenters. The van der Waals surface area contributed by atoms with Crippen molar-refractivity contribution in [3.05, 3.63) is 101 Å². The summed E-state index contributed by atoms with van der Waals surface area (Å²) in [5.74, 6) is -0.902. The molecule has 0 aliphatic carbocycles. The minimum atomic E-state index is -0.367. The van der Waals surface area contributed by atoms with Gasteiger partial charge >= 0.3 is 0 Å². The molecule has 5 heteroatoms. The second-order valence-electron chi connectivity index (χ2n) is 5.71. The van der Waals surface area contributed by atoms with Crippen molar-refractivity contribution in [1.29, 1.82) is 0 Å². The molecule has 4 nitrogen and oxygen atoms in total. The number of rotatable bonds is 5. The third-order valence-corrected chi connectivity index (χ3v) is 3.81. The van der Waals surface area contributed by atoms with Gasteiger partial charge in [0.1, 0.15) is 5.82 Å². The highest BCUT2D eigenvalue weighted by Crippen LogP contribution is 2.11. The molecule has 3 aromatic rings. The van der Waals surface area contributed by atoms with Crippen molar-refractivity contribution in [2.45, 2.75) is 6.54 Å². The van der Waals surface area contributed by atoms with Crippen LogP contribution in [0.1, 0.15) is 26.3 Å². The maximum absolute atomic E-state index is 12.9. The summed E-state index contributed by atoms with van der Waals surface area (Å²) in [6.45, 7) is 0.437. The van der Waals surface area contributed by atoms with Gasteiger partial charge in [-0.05, 0) is 54.1 Å². The Bertz CT molecular complexity index is 892. The molecule has 0 radical (unpaired) electrons. The van der Waals surface area contributed by atoms with E-state index in [1.165, 1.54) is 24.3 Å². The number of amides is 2. The second-order valence-corrected chi connectivity index (χ2v) is 5.71. The molecule has 3 rings (SSSR count). The summed E-state index contributed by atoms with van der Waals surface area (Å²) < 4.78 is 12.9. The first-order valence-corrected chi connectivity index (χ1v) is 8.11. The van der Waals surface area contributed by atoms with E-state index in [9.17, 15) is 14.0 Å². The lowest BCUT2D eigenvalue weighted by molar-refractivity contribution is 0.0949. The van der Waals surface area contributed by atoms with E-state index >= 15 is 0 Å². The highest BCUT2D eigenvalue weighted by Gasteiger charge is 2.09. The molecule has 0 atom stereocenters. The Balaban J connectivity index is 1.59. The van der Waals surface area contributed by atoms with Gasteiger partial charge in [0.25, 0.3) is 11.8 Å². The second kappa shape index (κ2) is 8.07. The van der Waals surface area contributed by atoms with E-state index in [1.807, 2.05) is 30.3 Å². The number of carbonyl (C=O) groups excluding carboxylic acids is 2. The van der Waals surface area contributed by atoms with Crippen LogP contribution in [0.3, 0.4) is 0 Å². The van der Waals surface area contributed by atoms with Crippen LogP contribution in [0.25, 0.3) is 0 Å². The van der Waals surface area contributed by atoms with Gasteiger partial charge in [0.05, 0.1) is 0 Å². The maximum Gasteiger partial charge on any atom is 0.255 e. The van der Waals surface area contributed by atoms with Crippen molar-refractivity contribution in [3.8, 4) is 0 Å². The fourth-order valence-electron chi connectivity index (χ4n) is 2.39. The molecule has 0 aliphatic rings. The van der Waals surface area contributed by atoms with Crippen LogP contribution < -0.4 is 10.6 Å². The molecule has 3 aromatic carbocycles. The van der Waals surface area contributed by atoms with Crippen LogP contribution in [0.2, 0.25) is 0 Å². The molecule has 0 fully saturated rings. The van der Waals surface area contributed by atoms with E-state index in [0.717, 1.165) is 5.56 Å². The molecule has 130 valence electrons. The Kier molecular flexibility index (Phi) is 5.39. The van der Waals surface area contributed by atoms with Gasteiger partial charge in [-0.1, -0.05) is 30.3 Å². The molecule has 26 heavy (non-hydrogen) atoms. The zero-order valence-electron chi connectivity index (χ0n) is 13.9. The Morgan fingerprint density at radius 2 is 1.31 bits per heavy atom. The van der Waals surface area contributed by atoms with Crippen molar-refractivity contribution in [3.63, 3.8) is 0 Å². The van der Waals surface area contributed by atoms with Gasteiger partial charge in [0.15, 0.2) is 0 Å². The molecule has 2 N–H and O–H groups in total. The summed E-state index contributed by atoms with van der Waals surface area (Å²) in [7, 11) is 0. The molecular formula is C21H17FN2O2. The number of benzene rings is 3. The molecule has 0 saturated heterocycles. The molecule has 2 amide bonds. The van der Waals surface area contributed by atoms with E-state index in [-0.39, 0.29) is 17.6 Å². The first-order chi connectivity index (χ1) is 12.6. The van der Waals surface area contributed by atoms with Crippen LogP contribution in [-0.2, 0) is 6.54 Å². The van der Waals surface area contributed by atoms with Crippen molar-refractivity contribution < 1.29 is 14.0 Å². The highest BCUT2D eigenvalue weighted by atomic mass is 19.1. The van der Waals surface area contributed by atoms with Crippen LogP contribution in [0, 0.1) is 5.82 Å². The predicted octanol–water partition coefficient (Wildman–Crippen LogP) is 4.01. The lowest BCUT2D eigenvalue weighted by Crippen LogP contribution is -2.22. The van der Waals surface area contributed by atoms with Crippen LogP contribution in [0.4, 0.5) is 10.1 Å². The Morgan fingerprint density at radius 3 is 1.92 bits per heavy atom. The van der Waals surface area contributed by atoms with Crippen LogP contribution in [0.15, 0.2) is 78.9 Å². The Morgan fingerprint density at radius 1 is 0.731 bits per heavy atom. The molecule has 0 spiro atoms. The number of anilines is 1. The van der Waals surface area contributed by atoms with Gasteiger partial charge in [0.2, 0.25) is 0 Å². The van der Waals surface area contributed by atoms with E-state index in [2.05, 4.69) is 10.6 Å². The van der Waals surface area contributed by atoms with E-state index < -0.39 is 0 Å². The minimum absolute atomic E-state index is 0.209. The number of hydrogen-bond donors (Lipinski definition) is 2. The average Bonchev–Trinajstić information content (AvgIpc) is 2.69. The number of halogens is 1. The third kappa shape index (κ3) is 4.54. The summed E-state index contributed by atoms with van der Waals surface area (Å²) in [6, 6.07) is 21.5. The van der Waals surface area contributed by atoms with Crippen molar-refractivity contribution in [2.24, 2.45) is 0 Å². The lowest BCUT2D eigenvalue weighted by Gasteiger charge is -2.07. The summed E-state index contributed by atoms with van der Waals surface area (Å²) in [5, 5.41) is 5.51. The van der Waals surface area contributed by atoms with Gasteiger partial charge in [-0.2, -0.15) is 0 Å². The Labute approximate surface area is 150 Å². The predicted molar refractivity (Wildman–Crippen MR) is 98.4 cm³/mol. The summed E-state index contributed by atoms with van der Waals surface area (Å²) >= 11 is 0. The molecule has 0 saturated carbocycles. The van der Waals surface area contributed by atoms with E-state index in [1.54, 1.807) is 24.3 Å². The third-order valence-electron chi connectivity index (χ3n) is 3.81. The quantitative estimate of drug-likeness (QED) is 0.732. The van der Waals surface area contributed by atoms with E-state index in [0.29, 0.717) is 23.4 Å². The molecule has 0 aromatic heterocycles. The summed E-state index contributed by atoms with van der Waals surface area (Å²) in [6.07, 6.45) is 0. The van der Waals surface area contributed by atoms with Gasteiger partial charge in [0, 0.05) is 23.4 Å². The molecule has 0 bridgehead atoms. The first-order valence-electron chi connectivity index (χ1n) is 8.11. The van der Waals surface area contributed by atoms with Crippen LogP contribution in [-0.4, -0.2) is 11.8 Å². The largest absolute Gasteiger partial charge is 0.348 e. The van der Waals surface area contributed by atoms with Gasteiger partial charge in [-0.3, -0.25) is 9.59 Å².